The molecule has 37 heavy (non-hydrogen) atoms. The van der Waals surface area contributed by atoms with E-state index in [1.54, 1.807) is 0 Å². The predicted octanol–water partition coefficient (Wildman–Crippen LogP) is 5.52. The summed E-state index contributed by atoms with van der Waals surface area (Å²) in [5, 5.41) is 0. The van der Waals surface area contributed by atoms with Crippen molar-refractivity contribution in [2.45, 2.75) is 6.04 Å². The number of carbonyl (C=O) groups excluding carboxylic acids is 1. The lowest BCUT2D eigenvalue weighted by molar-refractivity contribution is -0.112. The second-order valence-corrected chi connectivity index (χ2v) is 9.57. The number of carbonyl (C=O) groups is 1. The number of para-hydroxylation sites is 2. The van der Waals surface area contributed by atoms with Crippen molar-refractivity contribution < 1.29 is 4.79 Å². The van der Waals surface area contributed by atoms with E-state index in [1.807, 2.05) is 59.5 Å². The van der Waals surface area contributed by atoms with Gasteiger partial charge >= 0.3 is 0 Å². The first kappa shape index (κ1) is 23.3. The Labute approximate surface area is 218 Å². The van der Waals surface area contributed by atoms with E-state index in [-0.39, 0.29) is 11.9 Å². The van der Waals surface area contributed by atoms with Crippen LogP contribution in [0.1, 0.15) is 22.7 Å². The van der Waals surface area contributed by atoms with Crippen LogP contribution in [0.5, 0.6) is 0 Å². The van der Waals surface area contributed by atoms with Crippen molar-refractivity contribution in [1.29, 1.82) is 0 Å². The van der Waals surface area contributed by atoms with Crippen molar-refractivity contribution in [1.82, 2.24) is 9.80 Å². The average molecular weight is 487 g/mol. The smallest absolute Gasteiger partial charge is 0.278 e. The number of anilines is 1. The fourth-order valence-corrected chi connectivity index (χ4v) is 5.39. The summed E-state index contributed by atoms with van der Waals surface area (Å²) in [7, 11) is 0. The summed E-state index contributed by atoms with van der Waals surface area (Å²) >= 11 is 0. The highest BCUT2D eigenvalue weighted by Crippen LogP contribution is 2.32. The van der Waals surface area contributed by atoms with E-state index in [0.29, 0.717) is 12.4 Å². The summed E-state index contributed by atoms with van der Waals surface area (Å²) in [6, 6.07) is 39.4. The summed E-state index contributed by atoms with van der Waals surface area (Å²) in [5.74, 6) is -0.0288. The zero-order valence-corrected chi connectivity index (χ0v) is 20.8. The first-order chi connectivity index (χ1) is 18.3. The summed E-state index contributed by atoms with van der Waals surface area (Å²) in [4.78, 5) is 25.1. The lowest BCUT2D eigenvalue weighted by atomic mass is 9.96. The van der Waals surface area contributed by atoms with Gasteiger partial charge < -0.3 is 0 Å². The second kappa shape index (κ2) is 10.5. The predicted molar refractivity (Wildman–Crippen MR) is 149 cm³/mol. The zero-order chi connectivity index (χ0) is 25.0. The molecule has 2 heterocycles. The fourth-order valence-electron chi connectivity index (χ4n) is 5.39. The summed E-state index contributed by atoms with van der Waals surface area (Å²) in [5.41, 5.74) is 5.79. The van der Waals surface area contributed by atoms with Gasteiger partial charge in [-0.15, -0.1) is 0 Å². The van der Waals surface area contributed by atoms with Crippen LogP contribution in [0.15, 0.2) is 120 Å². The molecule has 0 saturated carbocycles. The second-order valence-electron chi connectivity index (χ2n) is 9.57. The van der Waals surface area contributed by atoms with Gasteiger partial charge in [0, 0.05) is 31.7 Å². The van der Waals surface area contributed by atoms with Crippen LogP contribution in [-0.4, -0.2) is 54.3 Å². The summed E-state index contributed by atoms with van der Waals surface area (Å²) < 4.78 is 0. The molecule has 0 radical (unpaired) electrons. The molecule has 1 amide bonds. The van der Waals surface area contributed by atoms with Gasteiger partial charge in [0.1, 0.15) is 5.71 Å². The van der Waals surface area contributed by atoms with E-state index in [4.69, 9.17) is 4.99 Å². The maximum Gasteiger partial charge on any atom is 0.278 e. The summed E-state index contributed by atoms with van der Waals surface area (Å²) in [6.45, 7) is 4.23. The molecule has 0 aromatic heterocycles. The molecular formula is C32H30N4O. The quantitative estimate of drug-likeness (QED) is 0.360. The van der Waals surface area contributed by atoms with Gasteiger partial charge in [-0.05, 0) is 29.3 Å². The molecule has 1 fully saturated rings. The Hall–Kier alpha value is -4.06. The average Bonchev–Trinajstić information content (AvgIpc) is 3.22. The van der Waals surface area contributed by atoms with Crippen LogP contribution in [0.25, 0.3) is 0 Å². The lowest BCUT2D eigenvalue weighted by Crippen LogP contribution is -2.51. The molecule has 184 valence electrons. The van der Waals surface area contributed by atoms with E-state index in [2.05, 4.69) is 70.5 Å². The molecule has 2 aliphatic heterocycles. The van der Waals surface area contributed by atoms with Crippen molar-refractivity contribution >= 4 is 23.0 Å². The molecule has 0 unspecified atom stereocenters. The van der Waals surface area contributed by atoms with E-state index < -0.39 is 0 Å². The number of piperazine rings is 1. The maximum atomic E-state index is 13.5. The minimum Gasteiger partial charge on any atom is -0.293 e. The van der Waals surface area contributed by atoms with Gasteiger partial charge in [-0.25, -0.2) is 4.99 Å². The van der Waals surface area contributed by atoms with Gasteiger partial charge in [0.05, 0.1) is 24.1 Å². The number of benzene rings is 4. The van der Waals surface area contributed by atoms with Crippen LogP contribution in [0.4, 0.5) is 11.4 Å². The third-order valence-corrected chi connectivity index (χ3v) is 7.24. The Morgan fingerprint density at radius 3 is 1.81 bits per heavy atom. The molecule has 6 rings (SSSR count). The van der Waals surface area contributed by atoms with Crippen LogP contribution in [0.3, 0.4) is 0 Å². The Morgan fingerprint density at radius 2 is 1.19 bits per heavy atom. The highest BCUT2D eigenvalue weighted by atomic mass is 16.2. The number of rotatable bonds is 6. The fraction of sp³-hybridized carbons (Fsp3) is 0.188. The normalized spacial score (nSPS) is 17.5. The highest BCUT2D eigenvalue weighted by Gasteiger charge is 2.35. The first-order valence-corrected chi connectivity index (χ1v) is 12.9. The number of fused-ring (bicyclic) bond motifs is 1. The number of hydrogen-bond donors (Lipinski definition) is 0. The topological polar surface area (TPSA) is 39.2 Å². The molecule has 0 N–H and O–H groups in total. The van der Waals surface area contributed by atoms with Crippen molar-refractivity contribution in [3.05, 3.63) is 132 Å². The Morgan fingerprint density at radius 1 is 0.649 bits per heavy atom. The van der Waals surface area contributed by atoms with Crippen molar-refractivity contribution in [3.8, 4) is 0 Å². The Kier molecular flexibility index (Phi) is 6.63. The zero-order valence-electron chi connectivity index (χ0n) is 20.8. The van der Waals surface area contributed by atoms with Crippen LogP contribution in [0, 0.1) is 0 Å². The van der Waals surface area contributed by atoms with E-state index in [1.165, 1.54) is 11.1 Å². The third-order valence-electron chi connectivity index (χ3n) is 7.24. The van der Waals surface area contributed by atoms with E-state index in [9.17, 15) is 4.79 Å². The molecule has 0 spiro atoms. The number of aliphatic imine (C=N–C) groups is 1. The molecule has 0 bridgehead atoms. The third kappa shape index (κ3) is 4.84. The maximum absolute atomic E-state index is 13.5. The van der Waals surface area contributed by atoms with Crippen LogP contribution >= 0.6 is 0 Å². The monoisotopic (exact) mass is 486 g/mol. The number of nitrogens with zero attached hydrogens (tertiary/aromatic N) is 4. The SMILES string of the molecule is O=C1C(=Nc2ccccc2)c2ccccc2N1CN1CCN(C(c2ccccc2)c2ccccc2)CC1. The molecule has 0 aliphatic carbocycles. The molecule has 4 aromatic carbocycles. The van der Waals surface area contributed by atoms with E-state index >= 15 is 0 Å². The van der Waals surface area contributed by atoms with Crippen molar-refractivity contribution in [2.24, 2.45) is 4.99 Å². The van der Waals surface area contributed by atoms with Gasteiger partial charge in [0.25, 0.3) is 5.91 Å². The number of hydrogen-bond acceptors (Lipinski definition) is 4. The molecule has 4 aromatic rings. The van der Waals surface area contributed by atoms with Gasteiger partial charge in [-0.3, -0.25) is 19.5 Å². The van der Waals surface area contributed by atoms with E-state index in [0.717, 1.165) is 43.1 Å². The standard InChI is InChI=1S/C32H30N4O/c37-32-30(33-27-16-8-3-9-17-27)28-18-10-11-19-29(28)36(32)24-34-20-22-35(23-21-34)31(25-12-4-1-5-13-25)26-14-6-2-7-15-26/h1-19,31H,20-24H2. The van der Waals surface area contributed by atoms with Gasteiger partial charge in [-0.2, -0.15) is 0 Å². The highest BCUT2D eigenvalue weighted by molar-refractivity contribution is 6.54. The molecule has 5 nitrogen and oxygen atoms in total. The number of amides is 1. The summed E-state index contributed by atoms with van der Waals surface area (Å²) in [6.07, 6.45) is 0. The van der Waals surface area contributed by atoms with Gasteiger partial charge in [-0.1, -0.05) is 97.1 Å². The molecular weight excluding hydrogens is 456 g/mol. The van der Waals surface area contributed by atoms with Crippen molar-refractivity contribution in [2.75, 3.05) is 37.7 Å². The van der Waals surface area contributed by atoms with Gasteiger partial charge in [0.15, 0.2) is 0 Å². The van der Waals surface area contributed by atoms with Gasteiger partial charge in [0.2, 0.25) is 0 Å². The molecule has 1 saturated heterocycles. The molecule has 0 atom stereocenters. The minimum absolute atomic E-state index is 0.0288. The Balaban J connectivity index is 1.19. The molecule has 5 heteroatoms. The van der Waals surface area contributed by atoms with Crippen LogP contribution in [0.2, 0.25) is 0 Å². The van der Waals surface area contributed by atoms with Crippen LogP contribution < -0.4 is 4.90 Å². The Bertz CT molecular complexity index is 1340. The first-order valence-electron chi connectivity index (χ1n) is 12.9. The lowest BCUT2D eigenvalue weighted by Gasteiger charge is -2.40. The van der Waals surface area contributed by atoms with Crippen molar-refractivity contribution in [3.63, 3.8) is 0 Å². The van der Waals surface area contributed by atoms with Crippen LogP contribution in [-0.2, 0) is 4.79 Å². The largest absolute Gasteiger partial charge is 0.293 e. The minimum atomic E-state index is -0.0288. The molecule has 2 aliphatic rings.